The van der Waals surface area contributed by atoms with E-state index in [1.807, 2.05) is 0 Å². The Bertz CT molecular complexity index is 134. The first kappa shape index (κ1) is 7.41. The van der Waals surface area contributed by atoms with Gasteiger partial charge in [0.05, 0.1) is 6.54 Å². The zero-order valence-corrected chi connectivity index (χ0v) is 6.18. The van der Waals surface area contributed by atoms with Gasteiger partial charge in [-0.15, -0.1) is 5.76 Å². The molecule has 58 valence electrons. The second-order valence-corrected chi connectivity index (χ2v) is 2.59. The average Bonchev–Trinajstić information content (AvgIpc) is 2.31. The molecule has 0 aromatic carbocycles. The zero-order valence-electron chi connectivity index (χ0n) is 6.18. The highest BCUT2D eigenvalue weighted by atomic mass is 16.3. The van der Waals surface area contributed by atoms with Crippen molar-refractivity contribution in [2.75, 3.05) is 19.6 Å². The summed E-state index contributed by atoms with van der Waals surface area (Å²) >= 11 is 0. The van der Waals surface area contributed by atoms with Crippen LogP contribution in [0.2, 0.25) is 0 Å². The maximum Gasteiger partial charge on any atom is 0.0756 e. The van der Waals surface area contributed by atoms with E-state index in [-0.39, 0.29) is 5.76 Å². The van der Waals surface area contributed by atoms with E-state index in [1.165, 1.54) is 0 Å². The van der Waals surface area contributed by atoms with Crippen LogP contribution in [0.1, 0.15) is 12.8 Å². The summed E-state index contributed by atoms with van der Waals surface area (Å²) in [6.45, 7) is 2.87. The molecule has 0 aromatic heterocycles. The highest BCUT2D eigenvalue weighted by molar-refractivity contribution is 4.96. The fraction of sp³-hybridized carbons (Fsp3) is 0.714. The minimum absolute atomic E-state index is 0.268. The minimum Gasteiger partial charge on any atom is -0.874 e. The first-order chi connectivity index (χ1) is 4.83. The van der Waals surface area contributed by atoms with Gasteiger partial charge in [-0.3, -0.25) is 0 Å². The number of nitrogens with zero attached hydrogens (tertiary/aromatic N) is 1. The third-order valence-electron chi connectivity index (χ3n) is 1.67. The minimum atomic E-state index is 0.268. The Morgan fingerprint density at radius 2 is 2.50 bits per heavy atom. The Morgan fingerprint density at radius 1 is 1.70 bits per heavy atom. The van der Waals surface area contributed by atoms with E-state index < -0.39 is 0 Å². The number of hydrogen-bond acceptors (Lipinski definition) is 2. The normalized spacial score (nSPS) is 17.7. The molecule has 1 heterocycles. The molecule has 0 saturated heterocycles. The van der Waals surface area contributed by atoms with Crippen LogP contribution in [0.3, 0.4) is 0 Å². The zero-order chi connectivity index (χ0) is 7.40. The molecule has 0 saturated carbocycles. The van der Waals surface area contributed by atoms with Crippen molar-refractivity contribution in [3.05, 3.63) is 12.0 Å². The molecule has 0 spiro atoms. The molecule has 0 aromatic rings. The Labute approximate surface area is 61.1 Å². The van der Waals surface area contributed by atoms with E-state index in [2.05, 4.69) is 10.6 Å². The van der Waals surface area contributed by atoms with Crippen LogP contribution in [-0.2, 0) is 0 Å². The van der Waals surface area contributed by atoms with Gasteiger partial charge >= 0.3 is 0 Å². The third kappa shape index (κ3) is 1.92. The van der Waals surface area contributed by atoms with E-state index in [0.29, 0.717) is 6.42 Å². The number of quaternary nitrogens is 1. The van der Waals surface area contributed by atoms with E-state index in [9.17, 15) is 5.11 Å². The summed E-state index contributed by atoms with van der Waals surface area (Å²) in [4.78, 5) is 2.08. The van der Waals surface area contributed by atoms with E-state index in [0.717, 1.165) is 26.1 Å². The number of rotatable bonds is 3. The number of hydrogen-bond donors (Lipinski definition) is 1. The molecule has 1 aliphatic rings. The summed E-state index contributed by atoms with van der Waals surface area (Å²) < 4.78 is 0. The van der Waals surface area contributed by atoms with Crippen molar-refractivity contribution in [2.24, 2.45) is 0 Å². The molecule has 0 radical (unpaired) electrons. The van der Waals surface area contributed by atoms with Crippen molar-refractivity contribution in [1.29, 1.82) is 0 Å². The van der Waals surface area contributed by atoms with Gasteiger partial charge in [0.2, 0.25) is 0 Å². The molecular formula is C7H14N2O. The van der Waals surface area contributed by atoms with Gasteiger partial charge in [0.1, 0.15) is 0 Å². The molecule has 3 heteroatoms. The van der Waals surface area contributed by atoms with Gasteiger partial charge in [-0.2, -0.15) is 0 Å². The average molecular weight is 142 g/mol. The van der Waals surface area contributed by atoms with Gasteiger partial charge < -0.3 is 15.7 Å². The first-order valence-corrected chi connectivity index (χ1v) is 3.74. The van der Waals surface area contributed by atoms with Crippen molar-refractivity contribution < 1.29 is 10.8 Å². The van der Waals surface area contributed by atoms with Crippen LogP contribution in [0.4, 0.5) is 0 Å². The maximum atomic E-state index is 10.7. The van der Waals surface area contributed by atoms with Gasteiger partial charge in [-0.25, -0.2) is 0 Å². The molecule has 1 aliphatic heterocycles. The summed E-state index contributed by atoms with van der Waals surface area (Å²) in [7, 11) is 0. The van der Waals surface area contributed by atoms with Crippen molar-refractivity contribution in [3.63, 3.8) is 0 Å². The van der Waals surface area contributed by atoms with Crippen molar-refractivity contribution in [1.82, 2.24) is 4.90 Å². The highest BCUT2D eigenvalue weighted by Crippen LogP contribution is 2.07. The molecule has 0 aliphatic carbocycles. The lowest BCUT2D eigenvalue weighted by Gasteiger charge is -2.12. The summed E-state index contributed by atoms with van der Waals surface area (Å²) in [6, 6.07) is 0. The summed E-state index contributed by atoms with van der Waals surface area (Å²) in [6.07, 6.45) is 3.51. The SMILES string of the molecule is [NH3+]CCCN1C=C([O-])CC1. The fourth-order valence-corrected chi connectivity index (χ4v) is 1.08. The molecule has 0 bridgehead atoms. The molecule has 0 fully saturated rings. The Kier molecular flexibility index (Phi) is 2.57. The van der Waals surface area contributed by atoms with Crippen LogP contribution >= 0.6 is 0 Å². The van der Waals surface area contributed by atoms with Crippen molar-refractivity contribution >= 4 is 0 Å². The summed E-state index contributed by atoms with van der Waals surface area (Å²) in [5.74, 6) is 0.268. The van der Waals surface area contributed by atoms with Crippen LogP contribution in [-0.4, -0.2) is 24.5 Å². The molecule has 3 N–H and O–H groups in total. The third-order valence-corrected chi connectivity index (χ3v) is 1.67. The van der Waals surface area contributed by atoms with Gasteiger partial charge in [-0.05, 0) is 12.6 Å². The second-order valence-electron chi connectivity index (χ2n) is 2.59. The van der Waals surface area contributed by atoms with Gasteiger partial charge in [0, 0.05) is 19.5 Å². The van der Waals surface area contributed by atoms with Gasteiger partial charge in [-0.1, -0.05) is 0 Å². The van der Waals surface area contributed by atoms with E-state index in [4.69, 9.17) is 0 Å². The van der Waals surface area contributed by atoms with E-state index in [1.54, 1.807) is 6.20 Å². The maximum absolute atomic E-state index is 10.7. The van der Waals surface area contributed by atoms with Crippen LogP contribution in [0.5, 0.6) is 0 Å². The van der Waals surface area contributed by atoms with Crippen LogP contribution in [0.25, 0.3) is 0 Å². The molecule has 0 unspecified atom stereocenters. The van der Waals surface area contributed by atoms with Crippen molar-refractivity contribution in [2.45, 2.75) is 12.8 Å². The first-order valence-electron chi connectivity index (χ1n) is 3.74. The Hall–Kier alpha value is -0.700. The van der Waals surface area contributed by atoms with Gasteiger partial charge in [0.25, 0.3) is 0 Å². The topological polar surface area (TPSA) is 53.9 Å². The highest BCUT2D eigenvalue weighted by Gasteiger charge is 2.04. The monoisotopic (exact) mass is 142 g/mol. The summed E-state index contributed by atoms with van der Waals surface area (Å²) in [5, 5.41) is 10.7. The lowest BCUT2D eigenvalue weighted by atomic mass is 10.4. The summed E-state index contributed by atoms with van der Waals surface area (Å²) in [5.41, 5.74) is 3.74. The van der Waals surface area contributed by atoms with Crippen molar-refractivity contribution in [3.8, 4) is 0 Å². The smallest absolute Gasteiger partial charge is 0.0756 e. The second kappa shape index (κ2) is 3.46. The lowest BCUT2D eigenvalue weighted by molar-refractivity contribution is -0.368. The van der Waals surface area contributed by atoms with E-state index >= 15 is 0 Å². The molecule has 1 rings (SSSR count). The molecule has 0 amide bonds. The fourth-order valence-electron chi connectivity index (χ4n) is 1.08. The Morgan fingerprint density at radius 3 is 3.00 bits per heavy atom. The molecule has 0 atom stereocenters. The van der Waals surface area contributed by atoms with Crippen LogP contribution in [0, 0.1) is 0 Å². The largest absolute Gasteiger partial charge is 0.874 e. The Balaban J connectivity index is 2.18. The molecule has 3 nitrogen and oxygen atoms in total. The standard InChI is InChI=1S/C7H14N2O/c8-3-1-4-9-5-2-7(10)6-9/h6,10H,1-5,8H2. The predicted molar refractivity (Wildman–Crippen MR) is 36.6 cm³/mol. The molecule has 10 heavy (non-hydrogen) atoms. The quantitative estimate of drug-likeness (QED) is 0.523. The lowest BCUT2D eigenvalue weighted by Crippen LogP contribution is -2.51. The van der Waals surface area contributed by atoms with Crippen LogP contribution in [0.15, 0.2) is 12.0 Å². The van der Waals surface area contributed by atoms with Crippen LogP contribution < -0.4 is 10.8 Å². The van der Waals surface area contributed by atoms with Gasteiger partial charge in [0.15, 0.2) is 0 Å². The molecular weight excluding hydrogens is 128 g/mol. The predicted octanol–water partition coefficient (Wildman–Crippen LogP) is -1.47.